The lowest BCUT2D eigenvalue weighted by Gasteiger charge is -1.98. The van der Waals surface area contributed by atoms with Crippen LogP contribution >= 0.6 is 0 Å². The second-order valence-electron chi connectivity index (χ2n) is 5.30. The van der Waals surface area contributed by atoms with Gasteiger partial charge in [0.2, 0.25) is 5.82 Å². The van der Waals surface area contributed by atoms with Crippen LogP contribution in [0, 0.1) is 0 Å². The lowest BCUT2D eigenvalue weighted by atomic mass is 10.1. The molecule has 0 aliphatic carbocycles. The van der Waals surface area contributed by atoms with Gasteiger partial charge in [0.1, 0.15) is 5.52 Å². The van der Waals surface area contributed by atoms with Gasteiger partial charge in [0.15, 0.2) is 5.52 Å². The zero-order valence-corrected chi connectivity index (χ0v) is 11.0. The lowest BCUT2D eigenvalue weighted by Crippen LogP contribution is -2.31. The highest BCUT2D eigenvalue weighted by Crippen LogP contribution is 2.36. The van der Waals surface area contributed by atoms with Crippen molar-refractivity contribution in [3.63, 3.8) is 0 Å². The molecule has 0 bridgehead atoms. The van der Waals surface area contributed by atoms with E-state index in [0.29, 0.717) is 28.8 Å². The fourth-order valence-electron chi connectivity index (χ4n) is 3.37. The van der Waals surface area contributed by atoms with Crippen LogP contribution in [0.4, 0.5) is 0 Å². The molecule has 0 radical (unpaired) electrons. The molecule has 4 nitrogen and oxygen atoms in total. The average Bonchev–Trinajstić information content (AvgIpc) is 3.18. The zero-order valence-electron chi connectivity index (χ0n) is 17.0. The molecule has 0 amide bonds. The summed E-state index contributed by atoms with van der Waals surface area (Å²) in [7, 11) is 0. The van der Waals surface area contributed by atoms with Crippen LogP contribution in [0.5, 0.6) is 0 Å². The third kappa shape index (κ3) is 1.17. The van der Waals surface area contributed by atoms with E-state index in [1.54, 1.807) is 12.3 Å². The molecule has 0 fully saturated rings. The minimum Gasteiger partial charge on any atom is -0.261 e. The molecule has 5 rings (SSSR count). The van der Waals surface area contributed by atoms with Crippen molar-refractivity contribution < 1.29 is 12.8 Å². The molecule has 0 saturated heterocycles. The largest absolute Gasteiger partial charge is 0.269 e. The summed E-state index contributed by atoms with van der Waals surface area (Å²) in [6.07, 6.45) is 3.06. The van der Waals surface area contributed by atoms with Gasteiger partial charge in [0.05, 0.1) is 45.9 Å². The maximum absolute atomic E-state index is 8.13. The van der Waals surface area contributed by atoms with Gasteiger partial charge in [-0.05, 0) is 17.7 Å². The SMILES string of the molecule is [2H]C([2H])([2H])n1c2cnccc2c2c1[n+](C([2H])([2H])[2H])c1n2Cc2ccccc2-1. The van der Waals surface area contributed by atoms with Gasteiger partial charge in [-0.15, -0.1) is 0 Å². The predicted octanol–water partition coefficient (Wildman–Crippen LogP) is 2.38. The number of benzene rings is 1. The summed E-state index contributed by atoms with van der Waals surface area (Å²) in [6.45, 7) is -4.59. The van der Waals surface area contributed by atoms with Crippen LogP contribution in [-0.2, 0) is 20.5 Å². The predicted molar refractivity (Wildman–Crippen MR) is 81.9 cm³/mol. The van der Waals surface area contributed by atoms with Crippen molar-refractivity contribution in [2.75, 3.05) is 0 Å². The Hall–Kier alpha value is -2.62. The minimum absolute atomic E-state index is 0.169. The standard InChI is InChI=1S/C17H15N4/c1-19-14-9-18-8-7-13(14)15-17(19)20(2)16-12-6-4-3-5-11(12)10-21(15)16/h3-9H,10H2,1-2H3/q+1/i1D3,2D3. The Morgan fingerprint density at radius 2 is 2.24 bits per heavy atom. The highest BCUT2D eigenvalue weighted by molar-refractivity contribution is 6.04. The van der Waals surface area contributed by atoms with Gasteiger partial charge in [0, 0.05) is 6.20 Å². The third-order valence-electron chi connectivity index (χ3n) is 4.26. The maximum Gasteiger partial charge on any atom is 0.269 e. The van der Waals surface area contributed by atoms with Gasteiger partial charge in [-0.2, -0.15) is 0 Å². The van der Waals surface area contributed by atoms with Crippen LogP contribution in [0.3, 0.4) is 0 Å². The zero-order chi connectivity index (χ0) is 19.1. The fourth-order valence-corrected chi connectivity index (χ4v) is 3.37. The van der Waals surface area contributed by atoms with Crippen molar-refractivity contribution >= 4 is 22.1 Å². The molecule has 0 N–H and O–H groups in total. The van der Waals surface area contributed by atoms with Gasteiger partial charge >= 0.3 is 0 Å². The molecule has 1 aromatic carbocycles. The number of aromatic nitrogens is 4. The molecule has 1 aliphatic heterocycles. The van der Waals surface area contributed by atoms with E-state index in [0.717, 1.165) is 15.7 Å². The number of hydrogen-bond acceptors (Lipinski definition) is 1. The van der Waals surface area contributed by atoms with Gasteiger partial charge < -0.3 is 0 Å². The number of pyridine rings is 1. The van der Waals surface area contributed by atoms with E-state index in [4.69, 9.17) is 8.22 Å². The summed E-state index contributed by atoms with van der Waals surface area (Å²) in [4.78, 5) is 4.06. The van der Waals surface area contributed by atoms with Crippen molar-refractivity contribution in [1.82, 2.24) is 14.1 Å². The van der Waals surface area contributed by atoms with E-state index < -0.39 is 14.0 Å². The summed E-state index contributed by atoms with van der Waals surface area (Å²) in [5.74, 6) is 0.507. The third-order valence-corrected chi connectivity index (χ3v) is 4.26. The molecule has 0 saturated carbocycles. The quantitative estimate of drug-likeness (QED) is 0.400. The maximum atomic E-state index is 8.13. The summed E-state index contributed by atoms with van der Waals surface area (Å²) in [5, 5.41) is 0.674. The van der Waals surface area contributed by atoms with Gasteiger partial charge in [0.25, 0.3) is 5.65 Å². The molecule has 0 atom stereocenters. The van der Waals surface area contributed by atoms with Crippen molar-refractivity contribution in [2.45, 2.75) is 6.54 Å². The Kier molecular flexibility index (Phi) is 1.16. The highest BCUT2D eigenvalue weighted by atomic mass is 15.2. The number of nitrogens with zero attached hydrogens (tertiary/aromatic N) is 4. The van der Waals surface area contributed by atoms with Crippen LogP contribution in [-0.4, -0.2) is 14.1 Å². The average molecular weight is 281 g/mol. The van der Waals surface area contributed by atoms with Gasteiger partial charge in [-0.25, -0.2) is 9.13 Å². The molecule has 21 heavy (non-hydrogen) atoms. The number of aryl methyl sites for hydroxylation is 2. The first kappa shape index (κ1) is 6.89. The van der Waals surface area contributed by atoms with Crippen LogP contribution in [0.25, 0.3) is 33.5 Å². The normalized spacial score (nSPS) is 18.5. The van der Waals surface area contributed by atoms with Crippen molar-refractivity contribution in [3.8, 4) is 11.4 Å². The molecule has 4 heteroatoms. The van der Waals surface area contributed by atoms with Gasteiger partial charge in [-0.3, -0.25) is 9.55 Å². The summed E-state index contributed by atoms with van der Waals surface area (Å²) >= 11 is 0. The number of rotatable bonds is 0. The summed E-state index contributed by atoms with van der Waals surface area (Å²) in [5.41, 5.74) is 2.99. The van der Waals surface area contributed by atoms with E-state index in [9.17, 15) is 0 Å². The van der Waals surface area contributed by atoms with E-state index in [1.807, 2.05) is 28.8 Å². The first-order valence-corrected chi connectivity index (χ1v) is 6.71. The molecule has 0 spiro atoms. The fraction of sp³-hybridized carbons (Fsp3) is 0.176. The molecule has 102 valence electrons. The van der Waals surface area contributed by atoms with Crippen molar-refractivity contribution in [1.29, 1.82) is 0 Å². The van der Waals surface area contributed by atoms with Crippen LogP contribution < -0.4 is 4.57 Å². The van der Waals surface area contributed by atoms with Crippen LogP contribution in [0.2, 0.25) is 0 Å². The molecular formula is C17H15N4+. The topological polar surface area (TPSA) is 26.6 Å². The molecule has 4 aromatic rings. The molecular weight excluding hydrogens is 260 g/mol. The van der Waals surface area contributed by atoms with Crippen LogP contribution in [0.15, 0.2) is 42.7 Å². The van der Waals surface area contributed by atoms with Crippen molar-refractivity contribution in [3.05, 3.63) is 48.3 Å². The molecule has 4 heterocycles. The Labute approximate surface area is 130 Å². The Morgan fingerprint density at radius 3 is 3.14 bits per heavy atom. The van der Waals surface area contributed by atoms with E-state index >= 15 is 0 Å². The summed E-state index contributed by atoms with van der Waals surface area (Å²) in [6, 6.07) is 9.34. The molecule has 3 aromatic heterocycles. The second-order valence-corrected chi connectivity index (χ2v) is 5.30. The minimum atomic E-state index is -2.54. The van der Waals surface area contributed by atoms with Gasteiger partial charge in [-0.1, -0.05) is 18.2 Å². The first-order chi connectivity index (χ1) is 12.7. The smallest absolute Gasteiger partial charge is 0.261 e. The lowest BCUT2D eigenvalue weighted by molar-refractivity contribution is -0.636. The second kappa shape index (κ2) is 3.52. The number of imidazole rings is 1. The monoisotopic (exact) mass is 281 g/mol. The Morgan fingerprint density at radius 1 is 1.29 bits per heavy atom. The van der Waals surface area contributed by atoms with E-state index in [1.165, 1.54) is 10.8 Å². The van der Waals surface area contributed by atoms with E-state index in [-0.39, 0.29) is 5.65 Å². The van der Waals surface area contributed by atoms with Crippen molar-refractivity contribution in [2.24, 2.45) is 14.0 Å². The highest BCUT2D eigenvalue weighted by Gasteiger charge is 2.33. The molecule has 1 aliphatic rings. The Bertz CT molecular complexity index is 1230. The Balaban J connectivity index is 2.07. The first-order valence-electron chi connectivity index (χ1n) is 9.71. The van der Waals surface area contributed by atoms with E-state index in [2.05, 4.69) is 4.98 Å². The molecule has 0 unspecified atom stereocenters. The number of hydrogen-bond donors (Lipinski definition) is 0. The van der Waals surface area contributed by atoms with Crippen LogP contribution in [0.1, 0.15) is 13.8 Å². The summed E-state index contributed by atoms with van der Waals surface area (Å²) < 4.78 is 52.6. The number of fused-ring (bicyclic) bond motifs is 7.